The molecule has 116 valence electrons. The highest BCUT2D eigenvalue weighted by atomic mass is 79.9. The lowest BCUT2D eigenvalue weighted by molar-refractivity contribution is 0.102. The van der Waals surface area contributed by atoms with Crippen molar-refractivity contribution >= 4 is 27.5 Å². The number of furan rings is 1. The summed E-state index contributed by atoms with van der Waals surface area (Å²) in [7, 11) is 0. The Morgan fingerprint density at radius 2 is 1.91 bits per heavy atom. The third kappa shape index (κ3) is 3.70. The molecular weight excluding hydrogens is 358 g/mol. The zero-order valence-corrected chi connectivity index (χ0v) is 13.7. The molecule has 4 nitrogen and oxygen atoms in total. The smallest absolute Gasteiger partial charge is 0.255 e. The second-order valence-corrected chi connectivity index (χ2v) is 5.89. The number of benzene rings is 2. The Balaban J connectivity index is 1.81. The van der Waals surface area contributed by atoms with Crippen LogP contribution in [0.15, 0.2) is 69.6 Å². The molecule has 0 saturated heterocycles. The average Bonchev–Trinajstić information content (AvgIpc) is 3.04. The summed E-state index contributed by atoms with van der Waals surface area (Å²) < 4.78 is 6.36. The largest absolute Gasteiger partial charge is 0.459 e. The summed E-state index contributed by atoms with van der Waals surface area (Å²) >= 11 is 3.35. The first-order valence-corrected chi connectivity index (χ1v) is 7.82. The van der Waals surface area contributed by atoms with E-state index in [1.165, 1.54) is 0 Å². The molecule has 3 aromatic rings. The molecule has 0 unspecified atom stereocenters. The number of rotatable bonds is 4. The average molecular weight is 372 g/mol. The van der Waals surface area contributed by atoms with Crippen LogP contribution in [-0.4, -0.2) is 11.0 Å². The second-order valence-electron chi connectivity index (χ2n) is 4.97. The van der Waals surface area contributed by atoms with Crippen molar-refractivity contribution in [1.29, 1.82) is 0 Å². The summed E-state index contributed by atoms with van der Waals surface area (Å²) in [4.78, 5) is 12.3. The molecule has 0 aliphatic heterocycles. The van der Waals surface area contributed by atoms with Gasteiger partial charge in [-0.1, -0.05) is 34.1 Å². The Kier molecular flexibility index (Phi) is 4.60. The van der Waals surface area contributed by atoms with Crippen molar-refractivity contribution in [3.05, 3.63) is 76.5 Å². The summed E-state index contributed by atoms with van der Waals surface area (Å²) in [6.45, 7) is -0.140. The van der Waals surface area contributed by atoms with E-state index in [0.717, 1.165) is 10.0 Å². The number of hydrogen-bond acceptors (Lipinski definition) is 3. The van der Waals surface area contributed by atoms with Crippen LogP contribution in [0.3, 0.4) is 0 Å². The van der Waals surface area contributed by atoms with Gasteiger partial charge in [0.15, 0.2) is 0 Å². The maximum absolute atomic E-state index is 12.3. The van der Waals surface area contributed by atoms with Crippen molar-refractivity contribution in [2.24, 2.45) is 0 Å². The van der Waals surface area contributed by atoms with Gasteiger partial charge in [0.1, 0.15) is 18.1 Å². The van der Waals surface area contributed by atoms with Crippen LogP contribution in [0, 0.1) is 0 Å². The van der Waals surface area contributed by atoms with Crippen molar-refractivity contribution in [2.45, 2.75) is 6.61 Å². The van der Waals surface area contributed by atoms with E-state index < -0.39 is 0 Å². The Morgan fingerprint density at radius 3 is 2.65 bits per heavy atom. The number of aliphatic hydroxyl groups excluding tert-OH is 1. The molecule has 23 heavy (non-hydrogen) atoms. The quantitative estimate of drug-likeness (QED) is 0.711. The van der Waals surface area contributed by atoms with Crippen LogP contribution in [0.25, 0.3) is 11.3 Å². The van der Waals surface area contributed by atoms with E-state index in [1.54, 1.807) is 24.3 Å². The molecule has 0 aliphatic rings. The fourth-order valence-corrected chi connectivity index (χ4v) is 2.60. The van der Waals surface area contributed by atoms with E-state index in [0.29, 0.717) is 22.8 Å². The third-order valence-corrected chi connectivity index (χ3v) is 3.80. The number of aliphatic hydroxyl groups is 1. The lowest BCUT2D eigenvalue weighted by Gasteiger charge is -2.07. The van der Waals surface area contributed by atoms with Gasteiger partial charge in [-0.2, -0.15) is 0 Å². The fourth-order valence-electron chi connectivity index (χ4n) is 2.20. The van der Waals surface area contributed by atoms with Crippen LogP contribution in [0.1, 0.15) is 16.1 Å². The zero-order chi connectivity index (χ0) is 16.2. The third-order valence-electron chi connectivity index (χ3n) is 3.31. The zero-order valence-electron chi connectivity index (χ0n) is 12.1. The molecule has 5 heteroatoms. The van der Waals surface area contributed by atoms with Crippen LogP contribution in [0.4, 0.5) is 5.69 Å². The number of hydrogen-bond donors (Lipinski definition) is 2. The minimum absolute atomic E-state index is 0.140. The van der Waals surface area contributed by atoms with Crippen molar-refractivity contribution in [3.63, 3.8) is 0 Å². The fraction of sp³-hybridized carbons (Fsp3) is 0.0556. The molecule has 1 heterocycles. The molecule has 3 rings (SSSR count). The monoisotopic (exact) mass is 371 g/mol. The molecule has 0 fully saturated rings. The topological polar surface area (TPSA) is 62.5 Å². The van der Waals surface area contributed by atoms with Crippen molar-refractivity contribution in [3.8, 4) is 11.3 Å². The van der Waals surface area contributed by atoms with Crippen LogP contribution in [0.5, 0.6) is 0 Å². The van der Waals surface area contributed by atoms with Crippen LogP contribution in [0.2, 0.25) is 0 Å². The first kappa shape index (κ1) is 15.5. The minimum atomic E-state index is -0.182. The van der Waals surface area contributed by atoms with Crippen LogP contribution < -0.4 is 5.32 Å². The molecule has 1 amide bonds. The first-order chi connectivity index (χ1) is 11.2. The molecule has 0 aliphatic carbocycles. The van der Waals surface area contributed by atoms with Crippen molar-refractivity contribution in [2.75, 3.05) is 5.32 Å². The number of amides is 1. The van der Waals surface area contributed by atoms with Crippen LogP contribution in [-0.2, 0) is 6.61 Å². The van der Waals surface area contributed by atoms with E-state index in [-0.39, 0.29) is 12.5 Å². The van der Waals surface area contributed by atoms with Crippen molar-refractivity contribution < 1.29 is 14.3 Å². The normalized spacial score (nSPS) is 10.5. The van der Waals surface area contributed by atoms with Gasteiger partial charge in [-0.05, 0) is 42.5 Å². The Morgan fingerprint density at radius 1 is 1.09 bits per heavy atom. The Hall–Kier alpha value is -2.37. The molecule has 0 atom stereocenters. The Labute approximate surface area is 141 Å². The van der Waals surface area contributed by atoms with Gasteiger partial charge in [0.2, 0.25) is 0 Å². The van der Waals surface area contributed by atoms with E-state index in [1.807, 2.05) is 36.4 Å². The van der Waals surface area contributed by atoms with E-state index >= 15 is 0 Å². The van der Waals surface area contributed by atoms with E-state index in [4.69, 9.17) is 9.52 Å². The van der Waals surface area contributed by atoms with E-state index in [2.05, 4.69) is 21.2 Å². The summed E-state index contributed by atoms with van der Waals surface area (Å²) in [5, 5.41) is 11.9. The van der Waals surface area contributed by atoms with Gasteiger partial charge in [0.25, 0.3) is 5.91 Å². The standard InChI is InChI=1S/C18H14BrNO3/c19-14-5-1-4-13(9-14)18(22)20-15-6-2-3-12(10-15)17-8-7-16(11-21)23-17/h1-10,21H,11H2,(H,20,22). The van der Waals surface area contributed by atoms with Gasteiger partial charge in [0, 0.05) is 21.3 Å². The van der Waals surface area contributed by atoms with Gasteiger partial charge in [-0.15, -0.1) is 0 Å². The van der Waals surface area contributed by atoms with Gasteiger partial charge in [-0.3, -0.25) is 4.79 Å². The summed E-state index contributed by atoms with van der Waals surface area (Å²) in [5.74, 6) is 0.968. The molecule has 2 aromatic carbocycles. The molecule has 0 radical (unpaired) electrons. The van der Waals surface area contributed by atoms with Gasteiger partial charge >= 0.3 is 0 Å². The number of carbonyl (C=O) groups excluding carboxylic acids is 1. The number of anilines is 1. The lowest BCUT2D eigenvalue weighted by Crippen LogP contribution is -2.11. The van der Waals surface area contributed by atoms with Gasteiger partial charge in [0.05, 0.1) is 0 Å². The Bertz CT molecular complexity index is 842. The van der Waals surface area contributed by atoms with Crippen LogP contribution >= 0.6 is 15.9 Å². The van der Waals surface area contributed by atoms with Gasteiger partial charge in [-0.25, -0.2) is 0 Å². The molecule has 0 saturated carbocycles. The number of carbonyl (C=O) groups is 1. The molecule has 0 spiro atoms. The lowest BCUT2D eigenvalue weighted by atomic mass is 10.1. The highest BCUT2D eigenvalue weighted by Crippen LogP contribution is 2.25. The summed E-state index contributed by atoms with van der Waals surface area (Å²) in [6, 6.07) is 18.1. The maximum Gasteiger partial charge on any atom is 0.255 e. The predicted molar refractivity (Wildman–Crippen MR) is 92.2 cm³/mol. The maximum atomic E-state index is 12.3. The summed E-state index contributed by atoms with van der Waals surface area (Å²) in [6.07, 6.45) is 0. The number of nitrogens with one attached hydrogen (secondary N) is 1. The predicted octanol–water partition coefficient (Wildman–Crippen LogP) is 4.45. The molecular formula is C18H14BrNO3. The first-order valence-electron chi connectivity index (χ1n) is 7.02. The SMILES string of the molecule is O=C(Nc1cccc(-c2ccc(CO)o2)c1)c1cccc(Br)c1. The van der Waals surface area contributed by atoms with Gasteiger partial charge < -0.3 is 14.8 Å². The molecule has 1 aromatic heterocycles. The molecule has 2 N–H and O–H groups in total. The summed E-state index contributed by atoms with van der Waals surface area (Å²) in [5.41, 5.74) is 2.08. The second kappa shape index (κ2) is 6.81. The highest BCUT2D eigenvalue weighted by molar-refractivity contribution is 9.10. The number of halogens is 1. The molecule has 0 bridgehead atoms. The van der Waals surface area contributed by atoms with E-state index in [9.17, 15) is 4.79 Å². The minimum Gasteiger partial charge on any atom is -0.459 e. The van der Waals surface area contributed by atoms with Crippen molar-refractivity contribution in [1.82, 2.24) is 0 Å². The highest BCUT2D eigenvalue weighted by Gasteiger charge is 2.09.